The Morgan fingerprint density at radius 1 is 1.20 bits per heavy atom. The Morgan fingerprint density at radius 2 is 1.91 bits per heavy atom. The first-order chi connectivity index (χ1) is 16.5. The maximum atomic E-state index is 13.8. The van der Waals surface area contributed by atoms with Crippen LogP contribution in [0.5, 0.6) is 11.5 Å². The number of sulfonamides is 1. The molecule has 0 fully saturated rings. The maximum Gasteiger partial charge on any atom is 0.269 e. The first-order valence-corrected chi connectivity index (χ1v) is 14.2. The van der Waals surface area contributed by atoms with Crippen molar-refractivity contribution < 1.29 is 22.7 Å². The van der Waals surface area contributed by atoms with Crippen molar-refractivity contribution >= 4 is 49.8 Å². The van der Waals surface area contributed by atoms with Crippen LogP contribution in [0.2, 0.25) is 0 Å². The van der Waals surface area contributed by atoms with E-state index in [0.29, 0.717) is 26.7 Å². The summed E-state index contributed by atoms with van der Waals surface area (Å²) < 4.78 is 40.6. The quantitative estimate of drug-likeness (QED) is 0.371. The van der Waals surface area contributed by atoms with E-state index >= 15 is 0 Å². The van der Waals surface area contributed by atoms with Crippen LogP contribution < -0.4 is 19.1 Å². The topological polar surface area (TPSA) is 111 Å². The number of anilines is 2. The van der Waals surface area contributed by atoms with Crippen LogP contribution in [0, 0.1) is 0 Å². The summed E-state index contributed by atoms with van der Waals surface area (Å²) in [5, 5.41) is 10.9. The van der Waals surface area contributed by atoms with Gasteiger partial charge in [0.25, 0.3) is 15.9 Å². The summed E-state index contributed by atoms with van der Waals surface area (Å²) in [6.07, 6.45) is 0.777. The summed E-state index contributed by atoms with van der Waals surface area (Å²) in [6.45, 7) is 5.93. The third kappa shape index (κ3) is 5.24. The van der Waals surface area contributed by atoms with Crippen molar-refractivity contribution in [1.29, 1.82) is 0 Å². The second-order valence-electron chi connectivity index (χ2n) is 8.82. The SMILES string of the molecule is COc1ccc(S(=O)(=O)N2C[C@@H](C(=O)Nc3nnc(SC)s3)Oc3ccc(C(C)(C)C)cc32)cc1. The molecular weight excluding hydrogens is 508 g/mol. The Kier molecular flexibility index (Phi) is 6.98. The molecule has 35 heavy (non-hydrogen) atoms. The lowest BCUT2D eigenvalue weighted by atomic mass is 9.86. The van der Waals surface area contributed by atoms with Crippen LogP contribution in [0.3, 0.4) is 0 Å². The van der Waals surface area contributed by atoms with Crippen LogP contribution in [0.15, 0.2) is 51.7 Å². The zero-order chi connectivity index (χ0) is 25.4. The minimum absolute atomic E-state index is 0.0835. The Hall–Kier alpha value is -2.83. The molecule has 2 aromatic carbocycles. The van der Waals surface area contributed by atoms with Crippen molar-refractivity contribution in [2.45, 2.75) is 41.5 Å². The fraction of sp³-hybridized carbons (Fsp3) is 0.348. The fourth-order valence-corrected chi connectivity index (χ4v) is 6.13. The highest BCUT2D eigenvalue weighted by Crippen LogP contribution is 2.40. The molecule has 0 saturated heterocycles. The van der Waals surface area contributed by atoms with Gasteiger partial charge in [-0.2, -0.15) is 0 Å². The second kappa shape index (κ2) is 9.67. The minimum atomic E-state index is -4.01. The molecule has 4 rings (SSSR count). The van der Waals surface area contributed by atoms with Crippen molar-refractivity contribution in [2.24, 2.45) is 0 Å². The largest absolute Gasteiger partial charge is 0.497 e. The number of fused-ring (bicyclic) bond motifs is 1. The number of ether oxygens (including phenoxy) is 2. The van der Waals surface area contributed by atoms with E-state index in [0.717, 1.165) is 5.56 Å². The van der Waals surface area contributed by atoms with E-state index < -0.39 is 22.0 Å². The smallest absolute Gasteiger partial charge is 0.269 e. The van der Waals surface area contributed by atoms with Gasteiger partial charge in [-0.15, -0.1) is 10.2 Å². The molecule has 186 valence electrons. The maximum absolute atomic E-state index is 13.8. The van der Waals surface area contributed by atoms with E-state index in [1.807, 2.05) is 33.1 Å². The average Bonchev–Trinajstić information content (AvgIpc) is 3.29. The minimum Gasteiger partial charge on any atom is -0.497 e. The Morgan fingerprint density at radius 3 is 2.51 bits per heavy atom. The van der Waals surface area contributed by atoms with Crippen LogP contribution in [0.25, 0.3) is 0 Å². The van der Waals surface area contributed by atoms with Gasteiger partial charge < -0.3 is 9.47 Å². The molecule has 9 nitrogen and oxygen atoms in total. The number of methoxy groups -OCH3 is 1. The molecule has 1 atom stereocenters. The van der Waals surface area contributed by atoms with Gasteiger partial charge >= 0.3 is 0 Å². The Labute approximate surface area is 212 Å². The molecule has 1 aromatic heterocycles. The van der Waals surface area contributed by atoms with Gasteiger partial charge in [0.05, 0.1) is 24.2 Å². The monoisotopic (exact) mass is 534 g/mol. The highest BCUT2D eigenvalue weighted by Gasteiger charge is 2.38. The number of rotatable bonds is 6. The van der Waals surface area contributed by atoms with Crippen LogP contribution in [0.4, 0.5) is 10.8 Å². The number of hydrogen-bond acceptors (Lipinski definition) is 9. The number of carbonyl (C=O) groups excluding carboxylic acids is 1. The molecule has 0 saturated carbocycles. The van der Waals surface area contributed by atoms with E-state index in [-0.39, 0.29) is 16.9 Å². The molecule has 0 bridgehead atoms. The van der Waals surface area contributed by atoms with Gasteiger partial charge in [0.15, 0.2) is 10.4 Å². The standard InChI is InChI=1S/C23H26N4O5S3/c1-23(2,3)14-6-11-18-17(12-14)27(35(29,30)16-9-7-15(31-4)8-10-16)13-19(32-18)20(28)24-21-25-26-22(33-5)34-21/h6-12,19H,13H2,1-5H3,(H,24,25,28)/t19-/m0/s1. The zero-order valence-corrected chi connectivity index (χ0v) is 22.4. The second-order valence-corrected chi connectivity index (χ2v) is 12.7. The molecule has 3 aromatic rings. The van der Waals surface area contributed by atoms with Gasteiger partial charge in [-0.3, -0.25) is 14.4 Å². The number of nitrogens with one attached hydrogen (secondary N) is 1. The van der Waals surface area contributed by atoms with E-state index in [9.17, 15) is 13.2 Å². The van der Waals surface area contributed by atoms with Crippen molar-refractivity contribution in [3.8, 4) is 11.5 Å². The van der Waals surface area contributed by atoms with E-state index in [4.69, 9.17) is 9.47 Å². The third-order valence-corrected chi connectivity index (χ3v) is 9.05. The van der Waals surface area contributed by atoms with Crippen LogP contribution in [-0.4, -0.2) is 50.5 Å². The van der Waals surface area contributed by atoms with Crippen LogP contribution in [0.1, 0.15) is 26.3 Å². The zero-order valence-electron chi connectivity index (χ0n) is 19.9. The number of amides is 1. The molecule has 12 heteroatoms. The summed E-state index contributed by atoms with van der Waals surface area (Å²) in [7, 11) is -2.50. The molecule has 1 amide bonds. The molecule has 0 radical (unpaired) electrons. The van der Waals surface area contributed by atoms with Crippen molar-refractivity contribution in [3.05, 3.63) is 48.0 Å². The summed E-state index contributed by atoms with van der Waals surface area (Å²) in [5.74, 6) is 0.345. The number of hydrogen-bond donors (Lipinski definition) is 1. The highest BCUT2D eigenvalue weighted by molar-refractivity contribution is 8.00. The molecule has 1 aliphatic heterocycles. The van der Waals surface area contributed by atoms with E-state index in [2.05, 4.69) is 15.5 Å². The first kappa shape index (κ1) is 25.3. The molecule has 2 heterocycles. The van der Waals surface area contributed by atoms with Crippen LogP contribution in [-0.2, 0) is 20.2 Å². The number of carbonyl (C=O) groups is 1. The van der Waals surface area contributed by atoms with Gasteiger partial charge in [0.2, 0.25) is 5.13 Å². The predicted molar refractivity (Wildman–Crippen MR) is 137 cm³/mol. The molecule has 1 aliphatic rings. The van der Waals surface area contributed by atoms with Gasteiger partial charge in [-0.25, -0.2) is 8.42 Å². The van der Waals surface area contributed by atoms with E-state index in [1.165, 1.54) is 46.6 Å². The highest BCUT2D eigenvalue weighted by atomic mass is 32.2. The van der Waals surface area contributed by atoms with Crippen LogP contribution >= 0.6 is 23.1 Å². The molecule has 0 unspecified atom stereocenters. The molecule has 0 spiro atoms. The first-order valence-electron chi connectivity index (χ1n) is 10.7. The Bertz CT molecular complexity index is 1330. The van der Waals surface area contributed by atoms with Crippen molar-refractivity contribution in [2.75, 3.05) is 29.5 Å². The summed E-state index contributed by atoms with van der Waals surface area (Å²) >= 11 is 2.65. The molecule has 1 N–H and O–H groups in total. The Balaban J connectivity index is 1.72. The van der Waals surface area contributed by atoms with Gasteiger partial charge in [0.1, 0.15) is 11.5 Å². The summed E-state index contributed by atoms with van der Waals surface area (Å²) in [5.41, 5.74) is 1.11. The van der Waals surface area contributed by atoms with Gasteiger partial charge in [0, 0.05) is 0 Å². The third-order valence-electron chi connectivity index (χ3n) is 5.45. The predicted octanol–water partition coefficient (Wildman–Crippen LogP) is 4.16. The number of nitrogens with zero attached hydrogens (tertiary/aromatic N) is 3. The lowest BCUT2D eigenvalue weighted by molar-refractivity contribution is -0.122. The lowest BCUT2D eigenvalue weighted by Gasteiger charge is -2.35. The molecule has 0 aliphatic carbocycles. The van der Waals surface area contributed by atoms with E-state index in [1.54, 1.807) is 24.3 Å². The molecular formula is C23H26N4O5S3. The number of thioether (sulfide) groups is 1. The number of benzene rings is 2. The average molecular weight is 535 g/mol. The normalized spacial score (nSPS) is 15.8. The van der Waals surface area contributed by atoms with Gasteiger partial charge in [-0.05, 0) is 53.6 Å². The fourth-order valence-electron chi connectivity index (χ4n) is 3.49. The van der Waals surface area contributed by atoms with Gasteiger partial charge in [-0.1, -0.05) is 49.9 Å². The summed E-state index contributed by atoms with van der Waals surface area (Å²) in [4.78, 5) is 13.1. The van der Waals surface area contributed by atoms with Crippen molar-refractivity contribution in [3.63, 3.8) is 0 Å². The summed E-state index contributed by atoms with van der Waals surface area (Å²) in [6, 6.07) is 11.5. The lowest BCUT2D eigenvalue weighted by Crippen LogP contribution is -2.49. The van der Waals surface area contributed by atoms with Crippen molar-refractivity contribution in [1.82, 2.24) is 10.2 Å². The number of aromatic nitrogens is 2.